The van der Waals surface area contributed by atoms with E-state index in [0.29, 0.717) is 16.7 Å². The first-order valence-electron chi connectivity index (χ1n) is 9.06. The molecule has 2 rings (SSSR count). The molecule has 1 N–H and O–H groups in total. The van der Waals surface area contributed by atoms with Crippen molar-refractivity contribution in [2.24, 2.45) is 7.05 Å². The van der Waals surface area contributed by atoms with Crippen LogP contribution in [0.4, 0.5) is 0 Å². The third-order valence-electron chi connectivity index (χ3n) is 4.86. The van der Waals surface area contributed by atoms with E-state index < -0.39 is 17.4 Å². The number of rotatable bonds is 4. The highest BCUT2D eigenvalue weighted by Crippen LogP contribution is 2.25. The van der Waals surface area contributed by atoms with Crippen molar-refractivity contribution in [1.82, 2.24) is 9.47 Å². The van der Waals surface area contributed by atoms with Gasteiger partial charge in [0, 0.05) is 24.7 Å². The Balaban J connectivity index is 2.40. The summed E-state index contributed by atoms with van der Waals surface area (Å²) in [5, 5.41) is 28.6. The van der Waals surface area contributed by atoms with E-state index in [1.165, 1.54) is 19.2 Å². The second kappa shape index (κ2) is 8.89. The van der Waals surface area contributed by atoms with Crippen LogP contribution in [0.1, 0.15) is 30.5 Å². The molecule has 1 aromatic rings. The summed E-state index contributed by atoms with van der Waals surface area (Å²) in [5.41, 5.74) is 0.542. The van der Waals surface area contributed by atoms with Crippen LogP contribution in [0, 0.1) is 29.6 Å². The van der Waals surface area contributed by atoms with Gasteiger partial charge in [-0.3, -0.25) is 23.9 Å². The zero-order valence-electron chi connectivity index (χ0n) is 17.1. The lowest BCUT2D eigenvalue weighted by atomic mass is 9.95. The fraction of sp³-hybridized carbons (Fsp3) is 0.227. The number of hydrogen-bond donors (Lipinski definition) is 1. The van der Waals surface area contributed by atoms with Crippen LogP contribution in [0.5, 0.6) is 5.88 Å². The van der Waals surface area contributed by atoms with Gasteiger partial charge in [-0.25, -0.2) is 0 Å². The molecule has 0 unspecified atom stereocenters. The van der Waals surface area contributed by atoms with Gasteiger partial charge in [-0.05, 0) is 44.1 Å². The van der Waals surface area contributed by atoms with Gasteiger partial charge in [0.2, 0.25) is 5.88 Å². The smallest absolute Gasteiger partial charge is 0.271 e. The molecule has 2 heterocycles. The average molecular weight is 404 g/mol. The van der Waals surface area contributed by atoms with E-state index in [9.17, 15) is 24.8 Å². The number of pyridine rings is 1. The van der Waals surface area contributed by atoms with Crippen LogP contribution in [-0.2, 0) is 16.6 Å². The van der Waals surface area contributed by atoms with Crippen LogP contribution in [0.3, 0.4) is 0 Å². The van der Waals surface area contributed by atoms with Gasteiger partial charge in [0.15, 0.2) is 0 Å². The van der Waals surface area contributed by atoms with Gasteiger partial charge in [-0.15, -0.1) is 0 Å². The van der Waals surface area contributed by atoms with Crippen LogP contribution < -0.4 is 5.56 Å². The van der Waals surface area contributed by atoms with Gasteiger partial charge >= 0.3 is 0 Å². The van der Waals surface area contributed by atoms with E-state index in [2.05, 4.69) is 0 Å². The molecular formula is C22H20N4O4. The van der Waals surface area contributed by atoms with Gasteiger partial charge in [0.25, 0.3) is 17.4 Å². The largest absolute Gasteiger partial charge is 0.494 e. The van der Waals surface area contributed by atoms with Crippen molar-refractivity contribution in [1.29, 1.82) is 10.5 Å². The van der Waals surface area contributed by atoms with Crippen molar-refractivity contribution in [2.75, 3.05) is 6.54 Å². The lowest BCUT2D eigenvalue weighted by molar-refractivity contribution is -0.140. The summed E-state index contributed by atoms with van der Waals surface area (Å²) >= 11 is 0. The first-order valence-corrected chi connectivity index (χ1v) is 9.06. The van der Waals surface area contributed by atoms with Gasteiger partial charge < -0.3 is 5.11 Å². The highest BCUT2D eigenvalue weighted by molar-refractivity contribution is 6.18. The molecule has 0 radical (unpaired) electrons. The molecule has 1 aliphatic rings. The van der Waals surface area contributed by atoms with Crippen molar-refractivity contribution in [3.05, 3.63) is 68.1 Å². The molecule has 30 heavy (non-hydrogen) atoms. The fourth-order valence-electron chi connectivity index (χ4n) is 3.05. The normalized spacial score (nSPS) is 16.1. The molecule has 152 valence electrons. The van der Waals surface area contributed by atoms with E-state index >= 15 is 0 Å². The van der Waals surface area contributed by atoms with Crippen LogP contribution >= 0.6 is 0 Å². The minimum absolute atomic E-state index is 0.0528. The molecule has 8 nitrogen and oxygen atoms in total. The molecular weight excluding hydrogens is 384 g/mol. The van der Waals surface area contributed by atoms with E-state index in [1.807, 2.05) is 12.1 Å². The number of allylic oxidation sites excluding steroid dienone is 4. The first-order chi connectivity index (χ1) is 14.2. The van der Waals surface area contributed by atoms with Crippen molar-refractivity contribution in [2.45, 2.75) is 20.8 Å². The molecule has 0 saturated heterocycles. The zero-order chi connectivity index (χ0) is 22.6. The number of hydrogen-bond acceptors (Lipinski definition) is 6. The lowest BCUT2D eigenvalue weighted by Gasteiger charge is -2.25. The van der Waals surface area contributed by atoms with E-state index in [1.54, 1.807) is 39.0 Å². The summed E-state index contributed by atoms with van der Waals surface area (Å²) in [5.74, 6) is -1.34. The Kier molecular flexibility index (Phi) is 6.55. The summed E-state index contributed by atoms with van der Waals surface area (Å²) in [6.45, 7) is 4.93. The second-order valence-corrected chi connectivity index (χ2v) is 6.50. The molecule has 8 heteroatoms. The number of likely N-dealkylation sites (N-methyl/N-ethyl adjacent to an activating group) is 1. The number of amides is 2. The third-order valence-corrected chi connectivity index (χ3v) is 4.86. The summed E-state index contributed by atoms with van der Waals surface area (Å²) in [4.78, 5) is 37.6. The van der Waals surface area contributed by atoms with E-state index in [0.717, 1.165) is 9.47 Å². The number of nitriles is 2. The van der Waals surface area contributed by atoms with Crippen molar-refractivity contribution < 1.29 is 14.7 Å². The molecule has 1 aliphatic heterocycles. The summed E-state index contributed by atoms with van der Waals surface area (Å²) in [6, 6.07) is 3.69. The second-order valence-electron chi connectivity index (χ2n) is 6.50. The van der Waals surface area contributed by atoms with Gasteiger partial charge in [-0.2, -0.15) is 10.5 Å². The molecule has 0 atom stereocenters. The SMILES string of the molecule is CCN1C(=O)C(=CC=CC=Cc2c(C)c(C#N)c(=O)n(C)c2O)C(C)=C(C#N)C1=O. The molecule has 0 aromatic carbocycles. The number of carbonyl (C=O) groups excluding carboxylic acids is 2. The maximum Gasteiger partial charge on any atom is 0.271 e. The van der Waals surface area contributed by atoms with Crippen LogP contribution in [-0.4, -0.2) is 32.9 Å². The Morgan fingerprint density at radius 2 is 1.70 bits per heavy atom. The molecule has 0 fully saturated rings. The summed E-state index contributed by atoms with van der Waals surface area (Å²) in [7, 11) is 1.37. The quantitative estimate of drug-likeness (QED) is 0.464. The molecule has 0 spiro atoms. The first kappa shape index (κ1) is 22.1. The maximum absolute atomic E-state index is 12.5. The van der Waals surface area contributed by atoms with Crippen molar-refractivity contribution >= 4 is 17.9 Å². The molecule has 0 saturated carbocycles. The van der Waals surface area contributed by atoms with Gasteiger partial charge in [0.1, 0.15) is 23.3 Å². The lowest BCUT2D eigenvalue weighted by Crippen LogP contribution is -2.42. The number of nitrogens with zero attached hydrogens (tertiary/aromatic N) is 4. The van der Waals surface area contributed by atoms with Crippen LogP contribution in [0.15, 0.2) is 45.8 Å². The monoisotopic (exact) mass is 404 g/mol. The predicted molar refractivity (Wildman–Crippen MR) is 110 cm³/mol. The summed E-state index contributed by atoms with van der Waals surface area (Å²) < 4.78 is 0.992. The standard InChI is InChI=1S/C22H20N4O4/c1-5-26-21(29)16(14(3)18(12-24)22(26)30)10-8-6-7-9-15-13(2)17(11-23)20(28)25(4)19(15)27/h6-10,27H,5H2,1-4H3. The molecule has 0 bridgehead atoms. The fourth-order valence-corrected chi connectivity index (χ4v) is 3.05. The molecule has 2 amide bonds. The Morgan fingerprint density at radius 1 is 1.03 bits per heavy atom. The third kappa shape index (κ3) is 3.71. The Labute approximate surface area is 173 Å². The molecule has 1 aromatic heterocycles. The topological polar surface area (TPSA) is 127 Å². The minimum Gasteiger partial charge on any atom is -0.494 e. The number of imide groups is 1. The average Bonchev–Trinajstić information content (AvgIpc) is 2.71. The number of carbonyl (C=O) groups is 2. The Hall–Kier alpha value is -4.17. The zero-order valence-corrected chi connectivity index (χ0v) is 17.1. The maximum atomic E-state index is 12.5. The molecule has 0 aliphatic carbocycles. The highest BCUT2D eigenvalue weighted by Gasteiger charge is 2.33. The number of aromatic hydroxyl groups is 1. The summed E-state index contributed by atoms with van der Waals surface area (Å²) in [6.07, 6.45) is 7.76. The Morgan fingerprint density at radius 3 is 2.27 bits per heavy atom. The van der Waals surface area contributed by atoms with Crippen molar-refractivity contribution in [3.63, 3.8) is 0 Å². The van der Waals surface area contributed by atoms with E-state index in [4.69, 9.17) is 5.26 Å². The van der Waals surface area contributed by atoms with Crippen LogP contribution in [0.2, 0.25) is 0 Å². The van der Waals surface area contributed by atoms with Crippen molar-refractivity contribution in [3.8, 4) is 18.0 Å². The van der Waals surface area contributed by atoms with Gasteiger partial charge in [0.05, 0.1) is 0 Å². The van der Waals surface area contributed by atoms with Crippen LogP contribution in [0.25, 0.3) is 6.08 Å². The number of aromatic nitrogens is 1. The predicted octanol–water partition coefficient (Wildman–Crippen LogP) is 2.00. The highest BCUT2D eigenvalue weighted by atomic mass is 16.3. The van der Waals surface area contributed by atoms with Gasteiger partial charge in [-0.1, -0.05) is 18.2 Å². The minimum atomic E-state index is -0.600. The Bertz CT molecular complexity index is 1200. The van der Waals surface area contributed by atoms with E-state index in [-0.39, 0.29) is 29.1 Å².